The molecule has 0 amide bonds. The van der Waals surface area contributed by atoms with Crippen LogP contribution in [0.15, 0.2) is 59.7 Å². The molecule has 0 heterocycles. The maximum atomic E-state index is 2.62. The predicted octanol–water partition coefficient (Wildman–Crippen LogP) is 3.73. The molecule has 0 N–H and O–H groups in total. The zero-order valence-corrected chi connectivity index (χ0v) is 28.4. The summed E-state index contributed by atoms with van der Waals surface area (Å²) in [6.07, 6.45) is 7.52. The van der Waals surface area contributed by atoms with Gasteiger partial charge in [-0.2, -0.15) is 0 Å². The van der Waals surface area contributed by atoms with Crippen LogP contribution in [0.5, 0.6) is 0 Å². The molecule has 1 saturated carbocycles. The van der Waals surface area contributed by atoms with Gasteiger partial charge in [0.2, 0.25) is 0 Å². The van der Waals surface area contributed by atoms with Crippen LogP contribution in [0.3, 0.4) is 0 Å². The van der Waals surface area contributed by atoms with Gasteiger partial charge in [-0.05, 0) is 67.9 Å². The number of fused-ring (bicyclic) bond motifs is 4. The van der Waals surface area contributed by atoms with E-state index in [4.69, 9.17) is 0 Å². The van der Waals surface area contributed by atoms with Gasteiger partial charge in [0, 0.05) is 11.8 Å². The summed E-state index contributed by atoms with van der Waals surface area (Å²) < 4.78 is 0. The van der Waals surface area contributed by atoms with E-state index in [0.29, 0.717) is 11.8 Å². The van der Waals surface area contributed by atoms with Gasteiger partial charge >= 0.3 is 26.2 Å². The Morgan fingerprint density at radius 1 is 0.784 bits per heavy atom. The SMILES string of the molecule is CCC1=CC2C(=C1)C(C)(C)CC2(C)C1c2ccc(C(C)(C)C)cc2-c2cc(C(C)(C)C)ccc21.[Cl-].[Cl-].[Zr+2]. The Hall–Kier alpha value is -0.617. The molecule has 37 heavy (non-hydrogen) atoms. The van der Waals surface area contributed by atoms with Gasteiger partial charge in [-0.3, -0.25) is 0 Å². The van der Waals surface area contributed by atoms with Crippen LogP contribution in [0, 0.1) is 16.7 Å². The average molecular weight is 615 g/mol. The zero-order valence-electron chi connectivity index (χ0n) is 24.4. The Balaban J connectivity index is 0.00000160. The maximum absolute atomic E-state index is 2.62. The van der Waals surface area contributed by atoms with E-state index >= 15 is 0 Å². The van der Waals surface area contributed by atoms with Crippen LogP contribution in [0.25, 0.3) is 11.1 Å². The number of hydrogen-bond donors (Lipinski definition) is 0. The molecule has 2 atom stereocenters. The van der Waals surface area contributed by atoms with E-state index in [1.54, 1.807) is 16.7 Å². The molecule has 3 aliphatic carbocycles. The van der Waals surface area contributed by atoms with E-state index in [2.05, 4.69) is 118 Å². The van der Waals surface area contributed by atoms with E-state index in [1.807, 2.05) is 0 Å². The summed E-state index contributed by atoms with van der Waals surface area (Å²) in [7, 11) is 0. The van der Waals surface area contributed by atoms with Crippen molar-refractivity contribution >= 4 is 0 Å². The first kappa shape index (κ1) is 32.6. The number of allylic oxidation sites excluding steroid dienone is 4. The van der Waals surface area contributed by atoms with Crippen molar-refractivity contribution in [1.29, 1.82) is 0 Å². The Bertz CT molecular complexity index is 1170. The van der Waals surface area contributed by atoms with Crippen molar-refractivity contribution in [2.45, 2.75) is 98.8 Å². The van der Waals surface area contributed by atoms with Gasteiger partial charge in [-0.15, -0.1) is 0 Å². The second-order valence-corrected chi connectivity index (χ2v) is 14.3. The molecule has 0 aromatic heterocycles. The van der Waals surface area contributed by atoms with E-state index < -0.39 is 0 Å². The second-order valence-electron chi connectivity index (χ2n) is 14.3. The Morgan fingerprint density at radius 3 is 1.65 bits per heavy atom. The molecule has 0 spiro atoms. The summed E-state index contributed by atoms with van der Waals surface area (Å²) in [6.45, 7) is 23.9. The molecule has 5 rings (SSSR count). The first-order valence-electron chi connectivity index (χ1n) is 13.4. The molecule has 3 heteroatoms. The quantitative estimate of drug-likeness (QED) is 0.484. The van der Waals surface area contributed by atoms with E-state index in [9.17, 15) is 0 Å². The van der Waals surface area contributed by atoms with Crippen molar-refractivity contribution in [1.82, 2.24) is 0 Å². The van der Waals surface area contributed by atoms with Crippen molar-refractivity contribution in [2.24, 2.45) is 16.7 Å². The minimum absolute atomic E-state index is 0. The molecule has 0 bridgehead atoms. The standard InChI is InChI=1S/C34H44.2ClH.Zr/c1-11-21-16-28-29(17-21)34(10,20-33(28,8)9)30-24-14-12-22(31(2,3)4)18-26(24)27-19-23(32(5,6)7)13-15-25(27)30;;;/h12-19,29-30H,11,20H2,1-10H3;2*1H;/q;;;+2/p-2. The van der Waals surface area contributed by atoms with Gasteiger partial charge in [-0.25, -0.2) is 0 Å². The van der Waals surface area contributed by atoms with Gasteiger partial charge < -0.3 is 24.8 Å². The van der Waals surface area contributed by atoms with Crippen LogP contribution < -0.4 is 24.8 Å². The van der Waals surface area contributed by atoms with Crippen molar-refractivity contribution in [3.63, 3.8) is 0 Å². The maximum Gasteiger partial charge on any atom is 2.00 e. The molecule has 2 aromatic carbocycles. The van der Waals surface area contributed by atoms with Gasteiger partial charge in [-0.1, -0.05) is 129 Å². The molecule has 198 valence electrons. The Labute approximate surface area is 258 Å². The van der Waals surface area contributed by atoms with Crippen LogP contribution >= 0.6 is 0 Å². The summed E-state index contributed by atoms with van der Waals surface area (Å²) in [5.41, 5.74) is 12.8. The van der Waals surface area contributed by atoms with Crippen LogP contribution in [-0.4, -0.2) is 0 Å². The molecule has 0 radical (unpaired) electrons. The Kier molecular flexibility index (Phi) is 9.17. The molecule has 0 aliphatic heterocycles. The topological polar surface area (TPSA) is 0 Å². The summed E-state index contributed by atoms with van der Waals surface area (Å²) in [4.78, 5) is 0. The zero-order chi connectivity index (χ0) is 24.8. The van der Waals surface area contributed by atoms with Crippen molar-refractivity contribution in [3.8, 4) is 11.1 Å². The molecular weight excluding hydrogens is 571 g/mol. The molecule has 1 fully saturated rings. The predicted molar refractivity (Wildman–Crippen MR) is 148 cm³/mol. The Morgan fingerprint density at radius 2 is 1.24 bits per heavy atom. The van der Waals surface area contributed by atoms with Gasteiger partial charge in [0.05, 0.1) is 0 Å². The third kappa shape index (κ3) is 5.16. The number of rotatable bonds is 2. The molecular formula is C34H44Cl2Zr. The monoisotopic (exact) mass is 612 g/mol. The van der Waals surface area contributed by atoms with E-state index in [0.717, 1.165) is 6.42 Å². The third-order valence-corrected chi connectivity index (χ3v) is 9.19. The first-order chi connectivity index (χ1) is 15.7. The van der Waals surface area contributed by atoms with Gasteiger partial charge in [0.1, 0.15) is 0 Å². The van der Waals surface area contributed by atoms with E-state index in [-0.39, 0.29) is 72.7 Å². The molecule has 2 aromatic rings. The van der Waals surface area contributed by atoms with E-state index in [1.165, 1.54) is 34.2 Å². The number of halogens is 2. The fraction of sp³-hybridized carbons (Fsp3) is 0.529. The first-order valence-corrected chi connectivity index (χ1v) is 13.4. The number of hydrogen-bond acceptors (Lipinski definition) is 0. The largest absolute Gasteiger partial charge is 2.00 e. The van der Waals surface area contributed by atoms with Crippen molar-refractivity contribution < 1.29 is 51.0 Å². The number of benzene rings is 2. The molecule has 0 saturated heterocycles. The van der Waals surface area contributed by atoms with Crippen molar-refractivity contribution in [2.75, 3.05) is 0 Å². The summed E-state index contributed by atoms with van der Waals surface area (Å²) in [5.74, 6) is 0.967. The van der Waals surface area contributed by atoms with Crippen LogP contribution in [0.1, 0.15) is 110 Å². The summed E-state index contributed by atoms with van der Waals surface area (Å²) in [5, 5.41) is 0. The third-order valence-electron chi connectivity index (χ3n) is 9.19. The fourth-order valence-electron chi connectivity index (χ4n) is 7.36. The molecule has 3 aliphatic rings. The van der Waals surface area contributed by atoms with Gasteiger partial charge in [0.25, 0.3) is 0 Å². The molecule has 2 unspecified atom stereocenters. The summed E-state index contributed by atoms with van der Waals surface area (Å²) in [6, 6.07) is 14.8. The average Bonchev–Trinajstić information content (AvgIpc) is 3.36. The van der Waals surface area contributed by atoms with Crippen LogP contribution in [0.4, 0.5) is 0 Å². The van der Waals surface area contributed by atoms with Gasteiger partial charge in [0.15, 0.2) is 0 Å². The minimum atomic E-state index is 0. The van der Waals surface area contributed by atoms with Crippen LogP contribution in [-0.2, 0) is 37.0 Å². The summed E-state index contributed by atoms with van der Waals surface area (Å²) >= 11 is 0. The minimum Gasteiger partial charge on any atom is -1.00 e. The smallest absolute Gasteiger partial charge is 1.00 e. The van der Waals surface area contributed by atoms with Crippen molar-refractivity contribution in [3.05, 3.63) is 82.0 Å². The second kappa shape index (κ2) is 10.4. The normalized spacial score (nSPS) is 23.6. The molecule has 0 nitrogen and oxygen atoms in total. The van der Waals surface area contributed by atoms with Crippen LogP contribution in [0.2, 0.25) is 0 Å². The fourth-order valence-corrected chi connectivity index (χ4v) is 7.36.